The Hall–Kier alpha value is -0.650. The zero-order chi connectivity index (χ0) is 9.68. The Kier molecular flexibility index (Phi) is 6.44. The third kappa shape index (κ3) is 3.61. The van der Waals surface area contributed by atoms with Crippen LogP contribution in [0.2, 0.25) is 0 Å². The summed E-state index contributed by atoms with van der Waals surface area (Å²) in [6, 6.07) is 3.42. The largest absolute Gasteiger partial charge is 0.445 e. The number of nitrogens with one attached hydrogen (secondary N) is 1. The number of halogens is 1. The van der Waals surface area contributed by atoms with E-state index in [0.717, 1.165) is 5.09 Å². The molecule has 1 aromatic heterocycles. The molecule has 0 spiro atoms. The van der Waals surface area contributed by atoms with Gasteiger partial charge < -0.3 is 15.5 Å². The van der Waals surface area contributed by atoms with Gasteiger partial charge in [0.2, 0.25) is 0 Å². The monoisotopic (exact) mass is 236 g/mol. The Labute approximate surface area is 93.0 Å². The SMILES string of the molecule is CSc1ccc(C(=O)NCCN)o1.Cl. The van der Waals surface area contributed by atoms with Crippen molar-refractivity contribution < 1.29 is 9.21 Å². The van der Waals surface area contributed by atoms with Gasteiger partial charge in [-0.3, -0.25) is 4.79 Å². The first-order valence-electron chi connectivity index (χ1n) is 3.90. The van der Waals surface area contributed by atoms with Crippen molar-refractivity contribution >= 4 is 30.1 Å². The van der Waals surface area contributed by atoms with Gasteiger partial charge in [0.05, 0.1) is 0 Å². The molecular formula is C8H13ClN2O2S. The van der Waals surface area contributed by atoms with E-state index in [1.54, 1.807) is 12.1 Å². The van der Waals surface area contributed by atoms with Crippen LogP contribution in [0.15, 0.2) is 21.6 Å². The fraction of sp³-hybridized carbons (Fsp3) is 0.375. The summed E-state index contributed by atoms with van der Waals surface area (Å²) >= 11 is 1.46. The van der Waals surface area contributed by atoms with Gasteiger partial charge in [-0.2, -0.15) is 0 Å². The molecule has 0 aliphatic heterocycles. The predicted molar refractivity (Wildman–Crippen MR) is 59.1 cm³/mol. The first-order valence-corrected chi connectivity index (χ1v) is 5.12. The molecule has 0 saturated heterocycles. The second-order valence-corrected chi connectivity index (χ2v) is 3.18. The van der Waals surface area contributed by atoms with Crippen molar-refractivity contribution in [2.75, 3.05) is 19.3 Å². The molecule has 1 heterocycles. The van der Waals surface area contributed by atoms with E-state index < -0.39 is 0 Å². The maximum Gasteiger partial charge on any atom is 0.287 e. The van der Waals surface area contributed by atoms with Gasteiger partial charge in [-0.25, -0.2) is 0 Å². The van der Waals surface area contributed by atoms with Crippen LogP contribution in [-0.4, -0.2) is 25.3 Å². The molecule has 0 radical (unpaired) electrons. The van der Waals surface area contributed by atoms with Gasteiger partial charge in [-0.1, -0.05) is 11.8 Å². The molecule has 0 unspecified atom stereocenters. The van der Waals surface area contributed by atoms with Crippen LogP contribution in [0, 0.1) is 0 Å². The highest BCUT2D eigenvalue weighted by Crippen LogP contribution is 2.17. The topological polar surface area (TPSA) is 68.3 Å². The normalized spacial score (nSPS) is 9.29. The number of amides is 1. The van der Waals surface area contributed by atoms with E-state index in [9.17, 15) is 4.79 Å². The van der Waals surface area contributed by atoms with E-state index in [1.807, 2.05) is 6.26 Å². The summed E-state index contributed by atoms with van der Waals surface area (Å²) in [5.74, 6) is 0.114. The lowest BCUT2D eigenvalue weighted by Gasteiger charge is -1.98. The molecule has 0 bridgehead atoms. The zero-order valence-electron chi connectivity index (χ0n) is 7.78. The molecule has 1 amide bonds. The summed E-state index contributed by atoms with van der Waals surface area (Å²) in [7, 11) is 0. The van der Waals surface area contributed by atoms with Gasteiger partial charge in [0.25, 0.3) is 5.91 Å². The molecule has 4 nitrogen and oxygen atoms in total. The third-order valence-electron chi connectivity index (χ3n) is 1.44. The molecule has 80 valence electrons. The van der Waals surface area contributed by atoms with E-state index in [0.29, 0.717) is 18.8 Å². The van der Waals surface area contributed by atoms with Crippen LogP contribution in [-0.2, 0) is 0 Å². The van der Waals surface area contributed by atoms with Crippen LogP contribution in [0.4, 0.5) is 0 Å². The first kappa shape index (κ1) is 13.4. The second-order valence-electron chi connectivity index (χ2n) is 2.37. The number of rotatable bonds is 4. The van der Waals surface area contributed by atoms with Gasteiger partial charge in [-0.05, 0) is 18.4 Å². The highest BCUT2D eigenvalue weighted by molar-refractivity contribution is 7.98. The molecule has 0 aliphatic carbocycles. The summed E-state index contributed by atoms with van der Waals surface area (Å²) in [6.45, 7) is 0.899. The number of carbonyl (C=O) groups excluding carboxylic acids is 1. The summed E-state index contributed by atoms with van der Waals surface area (Å²) in [5.41, 5.74) is 5.24. The Morgan fingerprint density at radius 2 is 2.36 bits per heavy atom. The highest BCUT2D eigenvalue weighted by atomic mass is 35.5. The van der Waals surface area contributed by atoms with Crippen molar-refractivity contribution in [3.05, 3.63) is 17.9 Å². The summed E-state index contributed by atoms with van der Waals surface area (Å²) in [5, 5.41) is 3.35. The molecule has 3 N–H and O–H groups in total. The lowest BCUT2D eigenvalue weighted by molar-refractivity contribution is 0.0922. The minimum atomic E-state index is -0.217. The number of hydrogen-bond donors (Lipinski definition) is 2. The van der Waals surface area contributed by atoms with Gasteiger partial charge in [0.15, 0.2) is 10.9 Å². The number of thioether (sulfide) groups is 1. The fourth-order valence-electron chi connectivity index (χ4n) is 0.825. The van der Waals surface area contributed by atoms with Crippen molar-refractivity contribution in [2.24, 2.45) is 5.73 Å². The van der Waals surface area contributed by atoms with E-state index in [1.165, 1.54) is 11.8 Å². The molecule has 14 heavy (non-hydrogen) atoms. The maximum absolute atomic E-state index is 11.3. The molecule has 0 aliphatic rings. The molecule has 6 heteroatoms. The maximum atomic E-state index is 11.3. The van der Waals surface area contributed by atoms with Crippen LogP contribution in [0.25, 0.3) is 0 Å². The standard InChI is InChI=1S/C8H12N2O2S.ClH/c1-13-7-3-2-6(12-7)8(11)10-5-4-9;/h2-3H,4-5,9H2,1H3,(H,10,11);1H. The predicted octanol–water partition coefficient (Wildman–Crippen LogP) is 1.11. The van der Waals surface area contributed by atoms with Crippen LogP contribution in [0.5, 0.6) is 0 Å². The van der Waals surface area contributed by atoms with Gasteiger partial charge in [-0.15, -0.1) is 12.4 Å². The Morgan fingerprint density at radius 3 is 2.86 bits per heavy atom. The number of furan rings is 1. The Bertz CT molecular complexity index is 291. The summed E-state index contributed by atoms with van der Waals surface area (Å²) in [4.78, 5) is 11.3. The van der Waals surface area contributed by atoms with Crippen molar-refractivity contribution in [3.63, 3.8) is 0 Å². The number of nitrogens with two attached hydrogens (primary N) is 1. The molecule has 0 aromatic carbocycles. The van der Waals surface area contributed by atoms with E-state index >= 15 is 0 Å². The average molecular weight is 237 g/mol. The molecule has 1 aromatic rings. The van der Waals surface area contributed by atoms with E-state index in [2.05, 4.69) is 5.32 Å². The summed E-state index contributed by atoms with van der Waals surface area (Å²) in [6.07, 6.45) is 1.89. The highest BCUT2D eigenvalue weighted by Gasteiger charge is 2.09. The van der Waals surface area contributed by atoms with Crippen molar-refractivity contribution in [3.8, 4) is 0 Å². The van der Waals surface area contributed by atoms with Gasteiger partial charge in [0, 0.05) is 13.1 Å². The second kappa shape index (κ2) is 6.75. The zero-order valence-corrected chi connectivity index (χ0v) is 9.41. The molecule has 0 atom stereocenters. The van der Waals surface area contributed by atoms with Gasteiger partial charge in [0.1, 0.15) is 0 Å². The van der Waals surface area contributed by atoms with E-state index in [4.69, 9.17) is 10.2 Å². The minimum Gasteiger partial charge on any atom is -0.445 e. The summed E-state index contributed by atoms with van der Waals surface area (Å²) < 4.78 is 5.20. The lowest BCUT2D eigenvalue weighted by Crippen LogP contribution is -2.28. The quantitative estimate of drug-likeness (QED) is 0.769. The third-order valence-corrected chi connectivity index (χ3v) is 2.06. The lowest BCUT2D eigenvalue weighted by atomic mass is 10.4. The van der Waals surface area contributed by atoms with Crippen molar-refractivity contribution in [1.82, 2.24) is 5.32 Å². The molecule has 0 saturated carbocycles. The van der Waals surface area contributed by atoms with Crippen LogP contribution < -0.4 is 11.1 Å². The van der Waals surface area contributed by atoms with Gasteiger partial charge >= 0.3 is 0 Å². The van der Waals surface area contributed by atoms with Crippen LogP contribution in [0.3, 0.4) is 0 Å². The minimum absolute atomic E-state index is 0. The van der Waals surface area contributed by atoms with Crippen LogP contribution in [0.1, 0.15) is 10.6 Å². The van der Waals surface area contributed by atoms with Crippen molar-refractivity contribution in [2.45, 2.75) is 5.09 Å². The smallest absolute Gasteiger partial charge is 0.287 e. The van der Waals surface area contributed by atoms with Crippen molar-refractivity contribution in [1.29, 1.82) is 0 Å². The molecule has 1 rings (SSSR count). The number of carbonyl (C=O) groups is 1. The Balaban J connectivity index is 0.00000169. The first-order chi connectivity index (χ1) is 6.27. The Morgan fingerprint density at radius 1 is 1.64 bits per heavy atom. The average Bonchev–Trinajstić information content (AvgIpc) is 2.62. The molecule has 0 fully saturated rings. The van der Waals surface area contributed by atoms with E-state index in [-0.39, 0.29) is 18.3 Å². The molecular weight excluding hydrogens is 224 g/mol. The number of hydrogen-bond acceptors (Lipinski definition) is 4. The van der Waals surface area contributed by atoms with Crippen LogP contribution >= 0.6 is 24.2 Å². The fourth-order valence-corrected chi connectivity index (χ4v) is 1.20.